The molecule has 0 aliphatic carbocycles. The molecule has 1 aromatic heterocycles. The first-order valence-electron chi connectivity index (χ1n) is 4.64. The predicted octanol–water partition coefficient (Wildman–Crippen LogP) is 0.658. The van der Waals surface area contributed by atoms with E-state index in [9.17, 15) is 8.42 Å². The maximum Gasteiger partial charge on any atom is 0.260 e. The first-order chi connectivity index (χ1) is 7.01. The summed E-state index contributed by atoms with van der Waals surface area (Å²) in [5, 5.41) is 0.0168. The van der Waals surface area contributed by atoms with Crippen LogP contribution in [0.25, 0.3) is 0 Å². The summed E-state index contributed by atoms with van der Waals surface area (Å²) in [6.07, 6.45) is 2.66. The molecule has 2 atom stereocenters. The van der Waals surface area contributed by atoms with Crippen LogP contribution in [0.1, 0.15) is 6.92 Å². The Morgan fingerprint density at radius 1 is 1.60 bits per heavy atom. The van der Waals surface area contributed by atoms with E-state index in [2.05, 4.69) is 9.97 Å². The van der Waals surface area contributed by atoms with Crippen LogP contribution in [0.5, 0.6) is 0 Å². The summed E-state index contributed by atoms with van der Waals surface area (Å²) in [6.45, 7) is 2.78. The largest absolute Gasteiger partial charge is 0.335 e. The first-order valence-corrected chi connectivity index (χ1v) is 6.52. The number of halogens is 1. The van der Waals surface area contributed by atoms with E-state index in [1.165, 1.54) is 16.8 Å². The third-order valence-electron chi connectivity index (χ3n) is 2.58. The lowest BCUT2D eigenvalue weighted by molar-refractivity contribution is 0.462. The molecule has 0 radical (unpaired) electrons. The molecule has 1 N–H and O–H groups in total. The van der Waals surface area contributed by atoms with Gasteiger partial charge in [0.1, 0.15) is 0 Å². The first kappa shape index (κ1) is 10.9. The molecule has 1 aliphatic rings. The Balaban J connectivity index is 2.25. The Morgan fingerprint density at radius 2 is 2.33 bits per heavy atom. The molecule has 0 saturated carbocycles. The van der Waals surface area contributed by atoms with Gasteiger partial charge in [-0.15, -0.1) is 11.6 Å². The van der Waals surface area contributed by atoms with Crippen molar-refractivity contribution in [1.29, 1.82) is 0 Å². The van der Waals surface area contributed by atoms with Crippen LogP contribution in [0.4, 0.5) is 0 Å². The molecule has 84 valence electrons. The number of hydrogen-bond acceptors (Lipinski definition) is 3. The van der Waals surface area contributed by atoms with Crippen molar-refractivity contribution < 1.29 is 8.42 Å². The molecule has 0 bridgehead atoms. The van der Waals surface area contributed by atoms with Gasteiger partial charge in [0.05, 0.1) is 17.9 Å². The van der Waals surface area contributed by atoms with Crippen LogP contribution in [0.3, 0.4) is 0 Å². The van der Waals surface area contributed by atoms with Gasteiger partial charge in [0.2, 0.25) is 0 Å². The summed E-state index contributed by atoms with van der Waals surface area (Å²) >= 11 is 5.99. The molecule has 0 spiro atoms. The molecular weight excluding hydrogens is 238 g/mol. The quantitative estimate of drug-likeness (QED) is 0.783. The number of nitrogens with one attached hydrogen (secondary N) is 1. The molecule has 0 amide bonds. The Kier molecular flexibility index (Phi) is 2.74. The Hall–Kier alpha value is -0.590. The highest BCUT2D eigenvalue weighted by Crippen LogP contribution is 2.26. The van der Waals surface area contributed by atoms with Crippen molar-refractivity contribution in [1.82, 2.24) is 14.3 Å². The molecule has 15 heavy (non-hydrogen) atoms. The number of alkyl halides is 1. The van der Waals surface area contributed by atoms with Crippen LogP contribution in [-0.4, -0.2) is 41.2 Å². The van der Waals surface area contributed by atoms with E-state index in [0.29, 0.717) is 13.1 Å². The van der Waals surface area contributed by atoms with Gasteiger partial charge in [-0.3, -0.25) is 0 Å². The number of H-pyrrole nitrogens is 1. The van der Waals surface area contributed by atoms with Gasteiger partial charge in [-0.1, -0.05) is 6.92 Å². The molecule has 2 rings (SSSR count). The Bertz CT molecular complexity index is 421. The molecule has 1 aromatic rings. The van der Waals surface area contributed by atoms with E-state index in [0.717, 1.165) is 0 Å². The number of rotatable bonds is 2. The van der Waals surface area contributed by atoms with Crippen molar-refractivity contribution in [2.75, 3.05) is 13.1 Å². The van der Waals surface area contributed by atoms with Gasteiger partial charge in [0.15, 0.2) is 5.03 Å². The minimum Gasteiger partial charge on any atom is -0.335 e. The number of sulfonamides is 1. The smallest absolute Gasteiger partial charge is 0.260 e. The highest BCUT2D eigenvalue weighted by atomic mass is 35.5. The second-order valence-electron chi connectivity index (χ2n) is 3.73. The summed E-state index contributed by atoms with van der Waals surface area (Å²) in [4.78, 5) is 6.30. The van der Waals surface area contributed by atoms with Crippen molar-refractivity contribution >= 4 is 21.6 Å². The van der Waals surface area contributed by atoms with Gasteiger partial charge in [0.25, 0.3) is 10.0 Å². The zero-order chi connectivity index (χ0) is 11.1. The third-order valence-corrected chi connectivity index (χ3v) is 4.90. The average Bonchev–Trinajstić information content (AvgIpc) is 2.77. The van der Waals surface area contributed by atoms with Crippen LogP contribution >= 0.6 is 11.6 Å². The van der Waals surface area contributed by atoms with Crippen LogP contribution in [0, 0.1) is 5.92 Å². The van der Waals surface area contributed by atoms with Crippen LogP contribution in [-0.2, 0) is 10.0 Å². The van der Waals surface area contributed by atoms with Gasteiger partial charge in [-0.05, 0) is 5.92 Å². The molecule has 5 nitrogen and oxygen atoms in total. The molecule has 0 aromatic carbocycles. The van der Waals surface area contributed by atoms with Crippen LogP contribution < -0.4 is 0 Å². The Morgan fingerprint density at radius 3 is 2.80 bits per heavy atom. The number of hydrogen-bond donors (Lipinski definition) is 1. The summed E-state index contributed by atoms with van der Waals surface area (Å²) in [5.74, 6) is 0.185. The zero-order valence-electron chi connectivity index (χ0n) is 8.22. The predicted molar refractivity (Wildman–Crippen MR) is 56.2 cm³/mol. The lowest BCUT2D eigenvalue weighted by Gasteiger charge is -2.13. The normalized spacial score (nSPS) is 28.4. The van der Waals surface area contributed by atoms with E-state index in [4.69, 9.17) is 11.6 Å². The fraction of sp³-hybridized carbons (Fsp3) is 0.625. The number of imidazole rings is 1. The van der Waals surface area contributed by atoms with Crippen molar-refractivity contribution in [2.45, 2.75) is 17.3 Å². The topological polar surface area (TPSA) is 66.1 Å². The summed E-state index contributed by atoms with van der Waals surface area (Å²) in [5.41, 5.74) is 0. The van der Waals surface area contributed by atoms with Crippen molar-refractivity contribution in [3.63, 3.8) is 0 Å². The van der Waals surface area contributed by atoms with Crippen molar-refractivity contribution in [3.8, 4) is 0 Å². The maximum atomic E-state index is 12.0. The maximum absolute atomic E-state index is 12.0. The third kappa shape index (κ3) is 1.89. The number of aromatic nitrogens is 2. The highest BCUT2D eigenvalue weighted by Gasteiger charge is 2.36. The molecule has 7 heteroatoms. The number of nitrogens with zero attached hydrogens (tertiary/aromatic N) is 2. The minimum absolute atomic E-state index is 0.109. The van der Waals surface area contributed by atoms with E-state index in [1.807, 2.05) is 6.92 Å². The fourth-order valence-electron chi connectivity index (χ4n) is 1.60. The zero-order valence-corrected chi connectivity index (χ0v) is 9.79. The fourth-order valence-corrected chi connectivity index (χ4v) is 3.39. The molecule has 1 fully saturated rings. The monoisotopic (exact) mass is 249 g/mol. The standard InChI is InChI=1S/C8H12ClN3O2S/c1-6-3-12(4-7(6)9)15(13,14)8-2-10-5-11-8/h2,5-7H,3-4H2,1H3,(H,10,11). The highest BCUT2D eigenvalue weighted by molar-refractivity contribution is 7.89. The van der Waals surface area contributed by atoms with Crippen molar-refractivity contribution in [3.05, 3.63) is 12.5 Å². The number of aromatic amines is 1. The lowest BCUT2D eigenvalue weighted by Crippen LogP contribution is -2.29. The molecule has 1 saturated heterocycles. The van der Waals surface area contributed by atoms with E-state index in [1.54, 1.807) is 0 Å². The molecule has 2 unspecified atom stereocenters. The molecule has 1 aliphatic heterocycles. The minimum atomic E-state index is -3.43. The van der Waals surface area contributed by atoms with Crippen LogP contribution in [0.2, 0.25) is 0 Å². The van der Waals surface area contributed by atoms with E-state index in [-0.39, 0.29) is 16.3 Å². The van der Waals surface area contributed by atoms with Gasteiger partial charge in [-0.25, -0.2) is 13.4 Å². The van der Waals surface area contributed by atoms with Crippen molar-refractivity contribution in [2.24, 2.45) is 5.92 Å². The summed E-state index contributed by atoms with van der Waals surface area (Å²) < 4.78 is 25.4. The SMILES string of the molecule is CC1CN(S(=O)(=O)c2cnc[nH]2)CC1Cl. The molecular formula is C8H12ClN3O2S. The van der Waals surface area contributed by atoms with Gasteiger partial charge in [-0.2, -0.15) is 4.31 Å². The summed E-state index contributed by atoms with van der Waals surface area (Å²) in [7, 11) is -3.43. The average molecular weight is 250 g/mol. The summed E-state index contributed by atoms with van der Waals surface area (Å²) in [6, 6.07) is 0. The van der Waals surface area contributed by atoms with Crippen LogP contribution in [0.15, 0.2) is 17.6 Å². The van der Waals surface area contributed by atoms with E-state index < -0.39 is 10.0 Å². The lowest BCUT2D eigenvalue weighted by atomic mass is 10.2. The van der Waals surface area contributed by atoms with Gasteiger partial charge >= 0.3 is 0 Å². The Labute approximate surface area is 93.5 Å². The second-order valence-corrected chi connectivity index (χ2v) is 6.20. The molecule has 2 heterocycles. The van der Waals surface area contributed by atoms with Gasteiger partial charge < -0.3 is 4.98 Å². The second kappa shape index (κ2) is 3.77. The van der Waals surface area contributed by atoms with Gasteiger partial charge in [0, 0.05) is 13.1 Å². The van der Waals surface area contributed by atoms with E-state index >= 15 is 0 Å².